The van der Waals surface area contributed by atoms with E-state index in [9.17, 15) is 23.3 Å². The molecule has 144 valence electrons. The molecule has 1 atom stereocenters. The fourth-order valence-corrected chi connectivity index (χ4v) is 3.02. The van der Waals surface area contributed by atoms with E-state index in [4.69, 9.17) is 4.74 Å². The van der Waals surface area contributed by atoms with Gasteiger partial charge in [0.2, 0.25) is 10.0 Å². The molecular weight excluding hydrogens is 374 g/mol. The summed E-state index contributed by atoms with van der Waals surface area (Å²) in [4.78, 5) is 22.8. The average molecular weight is 393 g/mol. The van der Waals surface area contributed by atoms with Crippen LogP contribution in [-0.2, 0) is 14.8 Å². The average Bonchev–Trinajstić information content (AvgIpc) is 2.62. The van der Waals surface area contributed by atoms with Crippen LogP contribution >= 0.6 is 0 Å². The first kappa shape index (κ1) is 20.3. The molecule has 2 aromatic rings. The number of carbonyl (C=O) groups excluding carboxylic acids is 1. The topological polar surface area (TPSA) is 119 Å². The lowest BCUT2D eigenvalue weighted by molar-refractivity contribution is -0.386. The van der Waals surface area contributed by atoms with Crippen LogP contribution in [0.15, 0.2) is 53.4 Å². The predicted molar refractivity (Wildman–Crippen MR) is 99.1 cm³/mol. The molecule has 0 unspecified atom stereocenters. The minimum absolute atomic E-state index is 0.0161. The van der Waals surface area contributed by atoms with E-state index in [1.807, 2.05) is 0 Å². The van der Waals surface area contributed by atoms with Crippen molar-refractivity contribution in [3.63, 3.8) is 0 Å². The zero-order chi connectivity index (χ0) is 20.2. The Morgan fingerprint density at radius 3 is 2.30 bits per heavy atom. The van der Waals surface area contributed by atoms with E-state index in [1.54, 1.807) is 6.07 Å². The Kier molecular flexibility index (Phi) is 6.13. The molecule has 0 saturated heterocycles. The molecule has 0 radical (unpaired) electrons. The van der Waals surface area contributed by atoms with Crippen LogP contribution < -0.4 is 10.1 Å². The van der Waals surface area contributed by atoms with Crippen molar-refractivity contribution in [1.82, 2.24) is 4.31 Å². The Bertz CT molecular complexity index is 941. The third kappa shape index (κ3) is 4.80. The van der Waals surface area contributed by atoms with Crippen LogP contribution in [0.3, 0.4) is 0 Å². The molecule has 0 heterocycles. The molecule has 0 aliphatic carbocycles. The van der Waals surface area contributed by atoms with Crippen molar-refractivity contribution >= 4 is 27.3 Å². The fourth-order valence-electron chi connectivity index (χ4n) is 2.12. The summed E-state index contributed by atoms with van der Waals surface area (Å²) in [5.74, 6) is -0.547. The molecule has 0 saturated carbocycles. The largest absolute Gasteiger partial charge is 0.474 e. The Morgan fingerprint density at radius 1 is 1.15 bits per heavy atom. The summed E-state index contributed by atoms with van der Waals surface area (Å²) in [5, 5.41) is 13.6. The van der Waals surface area contributed by atoms with Gasteiger partial charge >= 0.3 is 5.69 Å². The van der Waals surface area contributed by atoms with Gasteiger partial charge in [-0.3, -0.25) is 14.9 Å². The molecule has 0 bridgehead atoms. The number of carbonyl (C=O) groups is 1. The maximum absolute atomic E-state index is 12.3. The number of amides is 1. The molecule has 2 rings (SSSR count). The number of ether oxygens (including phenoxy) is 1. The zero-order valence-corrected chi connectivity index (χ0v) is 15.8. The molecule has 0 aliphatic heterocycles. The number of nitrogens with zero attached hydrogens (tertiary/aromatic N) is 2. The smallest absolute Gasteiger partial charge is 0.310 e. The maximum atomic E-state index is 12.3. The minimum atomic E-state index is -3.56. The molecule has 0 aromatic heterocycles. The number of benzene rings is 2. The van der Waals surface area contributed by atoms with E-state index in [0.717, 1.165) is 4.31 Å². The molecule has 1 amide bonds. The summed E-state index contributed by atoms with van der Waals surface area (Å²) in [6, 6.07) is 11.4. The maximum Gasteiger partial charge on any atom is 0.310 e. The molecular formula is C17H19N3O6S. The summed E-state index contributed by atoms with van der Waals surface area (Å²) in [6.07, 6.45) is -1.00. The molecule has 10 heteroatoms. The van der Waals surface area contributed by atoms with Crippen molar-refractivity contribution in [3.8, 4) is 5.75 Å². The highest BCUT2D eigenvalue weighted by molar-refractivity contribution is 7.89. The van der Waals surface area contributed by atoms with Gasteiger partial charge in [-0.1, -0.05) is 12.1 Å². The van der Waals surface area contributed by atoms with E-state index in [2.05, 4.69) is 5.32 Å². The van der Waals surface area contributed by atoms with Gasteiger partial charge in [-0.2, -0.15) is 0 Å². The third-order valence-corrected chi connectivity index (χ3v) is 5.46. The standard InChI is InChI=1S/C17H19N3O6S/c1-12(26-16-7-5-4-6-15(16)20(22)23)17(21)18-13-8-10-14(11-9-13)27(24,25)19(2)3/h4-12H,1-3H3,(H,18,21)/t12-/m1/s1. The van der Waals surface area contributed by atoms with Gasteiger partial charge < -0.3 is 10.1 Å². The summed E-state index contributed by atoms with van der Waals surface area (Å²) in [6.45, 7) is 1.46. The minimum Gasteiger partial charge on any atom is -0.474 e. The van der Waals surface area contributed by atoms with Gasteiger partial charge in [0.05, 0.1) is 9.82 Å². The van der Waals surface area contributed by atoms with Crippen LogP contribution in [0.1, 0.15) is 6.92 Å². The highest BCUT2D eigenvalue weighted by Gasteiger charge is 2.21. The summed E-state index contributed by atoms with van der Waals surface area (Å²) >= 11 is 0. The summed E-state index contributed by atoms with van der Waals surface area (Å²) < 4.78 is 30.5. The van der Waals surface area contributed by atoms with Gasteiger partial charge in [0.1, 0.15) is 0 Å². The molecule has 27 heavy (non-hydrogen) atoms. The Morgan fingerprint density at radius 2 is 1.74 bits per heavy atom. The molecule has 1 N–H and O–H groups in total. The highest BCUT2D eigenvalue weighted by atomic mass is 32.2. The number of nitro groups is 1. The zero-order valence-electron chi connectivity index (χ0n) is 14.9. The number of hydrogen-bond donors (Lipinski definition) is 1. The molecule has 2 aromatic carbocycles. The lowest BCUT2D eigenvalue weighted by Crippen LogP contribution is -2.30. The first-order chi connectivity index (χ1) is 12.6. The second-order valence-electron chi connectivity index (χ2n) is 5.79. The van der Waals surface area contributed by atoms with Gasteiger partial charge in [-0.15, -0.1) is 0 Å². The normalized spacial score (nSPS) is 12.4. The van der Waals surface area contributed by atoms with Gasteiger partial charge in [-0.25, -0.2) is 12.7 Å². The van der Waals surface area contributed by atoms with Crippen LogP contribution in [0, 0.1) is 10.1 Å². The number of anilines is 1. The van der Waals surface area contributed by atoms with E-state index in [1.165, 1.54) is 63.5 Å². The molecule has 0 aliphatic rings. The Balaban J connectivity index is 2.08. The van der Waals surface area contributed by atoms with Crippen LogP contribution in [0.5, 0.6) is 5.75 Å². The number of nitrogens with one attached hydrogen (secondary N) is 1. The van der Waals surface area contributed by atoms with Crippen molar-refractivity contribution in [2.24, 2.45) is 0 Å². The van der Waals surface area contributed by atoms with Crippen molar-refractivity contribution < 1.29 is 22.9 Å². The van der Waals surface area contributed by atoms with E-state index < -0.39 is 27.0 Å². The second kappa shape index (κ2) is 8.14. The Labute approximate surface area is 156 Å². The Hall–Kier alpha value is -2.98. The molecule has 0 spiro atoms. The van der Waals surface area contributed by atoms with E-state index >= 15 is 0 Å². The van der Waals surface area contributed by atoms with Gasteiger partial charge in [-0.05, 0) is 37.3 Å². The van der Waals surface area contributed by atoms with Gasteiger partial charge in [0.15, 0.2) is 11.9 Å². The molecule has 9 nitrogen and oxygen atoms in total. The molecule has 0 fully saturated rings. The van der Waals surface area contributed by atoms with Crippen LogP contribution in [0.25, 0.3) is 0 Å². The number of nitro benzene ring substituents is 1. The second-order valence-corrected chi connectivity index (χ2v) is 7.94. The van der Waals surface area contributed by atoms with Crippen molar-refractivity contribution in [2.45, 2.75) is 17.9 Å². The predicted octanol–water partition coefficient (Wildman–Crippen LogP) is 2.25. The lowest BCUT2D eigenvalue weighted by Gasteiger charge is -2.15. The van der Waals surface area contributed by atoms with Crippen LogP contribution in [0.2, 0.25) is 0 Å². The van der Waals surface area contributed by atoms with Gasteiger partial charge in [0, 0.05) is 25.8 Å². The number of rotatable bonds is 7. The highest BCUT2D eigenvalue weighted by Crippen LogP contribution is 2.27. The first-order valence-corrected chi connectivity index (χ1v) is 9.30. The fraction of sp³-hybridized carbons (Fsp3) is 0.235. The number of hydrogen-bond acceptors (Lipinski definition) is 6. The van der Waals surface area contributed by atoms with Crippen LogP contribution in [-0.4, -0.2) is 43.8 Å². The summed E-state index contributed by atoms with van der Waals surface area (Å²) in [5.41, 5.74) is 0.131. The van der Waals surface area contributed by atoms with Crippen LogP contribution in [0.4, 0.5) is 11.4 Å². The first-order valence-electron chi connectivity index (χ1n) is 7.86. The lowest BCUT2D eigenvalue weighted by atomic mass is 10.2. The number of para-hydroxylation sites is 2. The third-order valence-electron chi connectivity index (χ3n) is 3.64. The monoisotopic (exact) mass is 393 g/mol. The SMILES string of the molecule is C[C@@H](Oc1ccccc1[N+](=O)[O-])C(=O)Nc1ccc(S(=O)(=O)N(C)C)cc1. The van der Waals surface area contributed by atoms with Crippen molar-refractivity contribution in [1.29, 1.82) is 0 Å². The van der Waals surface area contributed by atoms with Gasteiger partial charge in [0.25, 0.3) is 5.91 Å². The van der Waals surface area contributed by atoms with E-state index in [0.29, 0.717) is 5.69 Å². The number of sulfonamides is 1. The van der Waals surface area contributed by atoms with E-state index in [-0.39, 0.29) is 16.3 Å². The van der Waals surface area contributed by atoms with Crippen molar-refractivity contribution in [3.05, 3.63) is 58.6 Å². The quantitative estimate of drug-likeness (QED) is 0.569. The summed E-state index contributed by atoms with van der Waals surface area (Å²) in [7, 11) is -0.713. The van der Waals surface area contributed by atoms with Crippen molar-refractivity contribution in [2.75, 3.05) is 19.4 Å².